The molecule has 1 aromatic rings. The Morgan fingerprint density at radius 1 is 1.33 bits per heavy atom. The predicted molar refractivity (Wildman–Crippen MR) is 82.7 cm³/mol. The Morgan fingerprint density at radius 2 is 1.95 bits per heavy atom. The molecule has 0 unspecified atom stereocenters. The summed E-state index contributed by atoms with van der Waals surface area (Å²) in [7, 11) is 1.59. The van der Waals surface area contributed by atoms with Crippen LogP contribution in [0.3, 0.4) is 0 Å². The molecular formula is C15H21NO4S. The first-order chi connectivity index (χ1) is 9.97. The predicted octanol–water partition coefficient (Wildman–Crippen LogP) is 2.40. The lowest BCUT2D eigenvalue weighted by atomic mass is 9.99. The van der Waals surface area contributed by atoms with Crippen LogP contribution in [-0.4, -0.2) is 35.9 Å². The highest BCUT2D eigenvalue weighted by molar-refractivity contribution is 8.00. The molecule has 6 heteroatoms. The minimum atomic E-state index is -0.993. The highest BCUT2D eigenvalue weighted by atomic mass is 32.2. The molecule has 1 amide bonds. The highest BCUT2D eigenvalue weighted by Gasteiger charge is 2.25. The Labute approximate surface area is 129 Å². The lowest BCUT2D eigenvalue weighted by molar-refractivity contribution is -0.143. The number of carboxylic acid groups (broad SMARTS) is 1. The van der Waals surface area contributed by atoms with Gasteiger partial charge in [0.1, 0.15) is 11.8 Å². The van der Waals surface area contributed by atoms with Gasteiger partial charge in [-0.25, -0.2) is 4.79 Å². The van der Waals surface area contributed by atoms with Crippen molar-refractivity contribution in [3.8, 4) is 5.75 Å². The fraction of sp³-hybridized carbons (Fsp3) is 0.467. The standard InChI is InChI=1S/C15H21NO4S/c1-4-10(2)14(15(18)19)16-13(17)9-21-12-7-5-11(20-3)6-8-12/h5-8,10,14H,4,9H2,1-3H3,(H,16,17)(H,18,19)/t10-,14-/m0/s1. The van der Waals surface area contributed by atoms with Crippen molar-refractivity contribution in [2.45, 2.75) is 31.2 Å². The summed E-state index contributed by atoms with van der Waals surface area (Å²) in [5.41, 5.74) is 0. The average molecular weight is 311 g/mol. The summed E-state index contributed by atoms with van der Waals surface area (Å²) in [6.07, 6.45) is 0.697. The van der Waals surface area contributed by atoms with Crippen LogP contribution in [0.5, 0.6) is 5.75 Å². The number of carboxylic acids is 1. The van der Waals surface area contributed by atoms with Crippen molar-refractivity contribution in [1.82, 2.24) is 5.32 Å². The van der Waals surface area contributed by atoms with Crippen molar-refractivity contribution in [1.29, 1.82) is 0 Å². The zero-order valence-corrected chi connectivity index (χ0v) is 13.3. The van der Waals surface area contributed by atoms with E-state index in [1.54, 1.807) is 7.11 Å². The van der Waals surface area contributed by atoms with E-state index in [1.807, 2.05) is 38.1 Å². The van der Waals surface area contributed by atoms with Crippen LogP contribution in [-0.2, 0) is 9.59 Å². The van der Waals surface area contributed by atoms with Crippen molar-refractivity contribution in [2.24, 2.45) is 5.92 Å². The molecule has 21 heavy (non-hydrogen) atoms. The summed E-state index contributed by atoms with van der Waals surface area (Å²) in [6.45, 7) is 3.72. The molecule has 0 aliphatic heterocycles. The molecule has 0 aliphatic rings. The molecule has 1 rings (SSSR count). The molecule has 0 saturated carbocycles. The van der Waals surface area contributed by atoms with Crippen LogP contribution in [0.2, 0.25) is 0 Å². The summed E-state index contributed by atoms with van der Waals surface area (Å²) in [4.78, 5) is 23.9. The molecule has 5 nitrogen and oxygen atoms in total. The molecule has 116 valence electrons. The third-order valence-corrected chi connectivity index (χ3v) is 4.24. The molecule has 0 bridgehead atoms. The first-order valence-corrected chi connectivity index (χ1v) is 7.75. The third kappa shape index (κ3) is 5.67. The molecule has 0 radical (unpaired) electrons. The lowest BCUT2D eigenvalue weighted by Gasteiger charge is -2.19. The van der Waals surface area contributed by atoms with Gasteiger partial charge in [0.2, 0.25) is 5.91 Å². The van der Waals surface area contributed by atoms with Crippen molar-refractivity contribution in [3.63, 3.8) is 0 Å². The van der Waals surface area contributed by atoms with Gasteiger partial charge in [-0.15, -0.1) is 11.8 Å². The Hall–Kier alpha value is -1.69. The summed E-state index contributed by atoms with van der Waals surface area (Å²) in [6, 6.07) is 6.53. The van der Waals surface area contributed by atoms with Crippen molar-refractivity contribution in [3.05, 3.63) is 24.3 Å². The number of rotatable bonds is 8. The van der Waals surface area contributed by atoms with Gasteiger partial charge in [-0.2, -0.15) is 0 Å². The van der Waals surface area contributed by atoms with Crippen LogP contribution in [0.25, 0.3) is 0 Å². The van der Waals surface area contributed by atoms with Gasteiger partial charge in [0.05, 0.1) is 12.9 Å². The number of carbonyl (C=O) groups excluding carboxylic acids is 1. The molecule has 0 aromatic heterocycles. The number of carbonyl (C=O) groups is 2. The number of benzene rings is 1. The second-order valence-electron chi connectivity index (χ2n) is 4.73. The average Bonchev–Trinajstić information content (AvgIpc) is 2.50. The number of ether oxygens (including phenoxy) is 1. The third-order valence-electron chi connectivity index (χ3n) is 3.22. The van der Waals surface area contributed by atoms with E-state index in [2.05, 4.69) is 5.32 Å². The number of hydrogen-bond acceptors (Lipinski definition) is 4. The van der Waals surface area contributed by atoms with Gasteiger partial charge in [-0.1, -0.05) is 20.3 Å². The van der Waals surface area contributed by atoms with Crippen LogP contribution in [0.15, 0.2) is 29.2 Å². The van der Waals surface area contributed by atoms with Gasteiger partial charge in [0.25, 0.3) is 0 Å². The summed E-state index contributed by atoms with van der Waals surface area (Å²) < 4.78 is 5.06. The van der Waals surface area contributed by atoms with Gasteiger partial charge < -0.3 is 15.2 Å². The minimum Gasteiger partial charge on any atom is -0.497 e. The van der Waals surface area contributed by atoms with E-state index in [0.29, 0.717) is 6.42 Å². The molecule has 2 atom stereocenters. The molecule has 1 aromatic carbocycles. The maximum absolute atomic E-state index is 11.9. The first-order valence-electron chi connectivity index (χ1n) is 6.77. The number of hydrogen-bond donors (Lipinski definition) is 2. The molecule has 0 fully saturated rings. The second-order valence-corrected chi connectivity index (χ2v) is 5.78. The smallest absolute Gasteiger partial charge is 0.326 e. The number of methoxy groups -OCH3 is 1. The van der Waals surface area contributed by atoms with Crippen LogP contribution in [0, 0.1) is 5.92 Å². The highest BCUT2D eigenvalue weighted by Crippen LogP contribution is 2.21. The topological polar surface area (TPSA) is 75.6 Å². The Morgan fingerprint density at radius 3 is 2.43 bits per heavy atom. The van der Waals surface area contributed by atoms with Gasteiger partial charge in [-0.3, -0.25) is 4.79 Å². The van der Waals surface area contributed by atoms with Gasteiger partial charge in [-0.05, 0) is 30.2 Å². The largest absolute Gasteiger partial charge is 0.497 e. The van der Waals surface area contributed by atoms with E-state index in [0.717, 1.165) is 10.6 Å². The quantitative estimate of drug-likeness (QED) is 0.721. The monoisotopic (exact) mass is 311 g/mol. The SMILES string of the molecule is CC[C@H](C)[C@H](NC(=O)CSc1ccc(OC)cc1)C(=O)O. The van der Waals surface area contributed by atoms with E-state index in [-0.39, 0.29) is 17.6 Å². The zero-order chi connectivity index (χ0) is 15.8. The second kappa shape index (κ2) is 8.56. The number of aliphatic carboxylic acids is 1. The Balaban J connectivity index is 2.50. The van der Waals surface area contributed by atoms with E-state index in [1.165, 1.54) is 11.8 Å². The van der Waals surface area contributed by atoms with Crippen molar-refractivity contribution < 1.29 is 19.4 Å². The number of nitrogens with one attached hydrogen (secondary N) is 1. The van der Waals surface area contributed by atoms with Crippen LogP contribution >= 0.6 is 11.8 Å². The van der Waals surface area contributed by atoms with Gasteiger partial charge in [0.15, 0.2) is 0 Å². The van der Waals surface area contributed by atoms with Crippen molar-refractivity contribution in [2.75, 3.05) is 12.9 Å². The molecular weight excluding hydrogens is 290 g/mol. The maximum atomic E-state index is 11.9. The number of thioether (sulfide) groups is 1. The fourth-order valence-electron chi connectivity index (χ4n) is 1.72. The minimum absolute atomic E-state index is 0.0996. The maximum Gasteiger partial charge on any atom is 0.326 e. The molecule has 0 aliphatic carbocycles. The molecule has 0 heterocycles. The molecule has 0 saturated heterocycles. The van der Waals surface area contributed by atoms with Crippen molar-refractivity contribution >= 4 is 23.6 Å². The van der Waals surface area contributed by atoms with Gasteiger partial charge in [0, 0.05) is 4.90 Å². The zero-order valence-electron chi connectivity index (χ0n) is 12.5. The first kappa shape index (κ1) is 17.4. The van der Waals surface area contributed by atoms with Gasteiger partial charge >= 0.3 is 5.97 Å². The van der Waals surface area contributed by atoms with Crippen LogP contribution in [0.4, 0.5) is 0 Å². The lowest BCUT2D eigenvalue weighted by Crippen LogP contribution is -2.45. The van der Waals surface area contributed by atoms with E-state index >= 15 is 0 Å². The Bertz CT molecular complexity index is 475. The number of amides is 1. The van der Waals surface area contributed by atoms with E-state index in [4.69, 9.17) is 9.84 Å². The molecule has 0 spiro atoms. The summed E-state index contributed by atoms with van der Waals surface area (Å²) >= 11 is 1.36. The van der Waals surface area contributed by atoms with E-state index in [9.17, 15) is 9.59 Å². The Kier molecular flexibility index (Phi) is 7.08. The molecule has 2 N–H and O–H groups in total. The fourth-order valence-corrected chi connectivity index (χ4v) is 2.43. The van der Waals surface area contributed by atoms with E-state index < -0.39 is 12.0 Å². The normalized spacial score (nSPS) is 13.3. The summed E-state index contributed by atoms with van der Waals surface area (Å²) in [5, 5.41) is 11.7. The van der Waals surface area contributed by atoms with Crippen LogP contribution in [0.1, 0.15) is 20.3 Å². The van der Waals surface area contributed by atoms with Crippen LogP contribution < -0.4 is 10.1 Å². The summed E-state index contributed by atoms with van der Waals surface area (Å²) in [5.74, 6) is -0.424.